The third-order valence-corrected chi connectivity index (χ3v) is 4.74. The lowest BCUT2D eigenvalue weighted by Gasteiger charge is -2.29. The summed E-state index contributed by atoms with van der Waals surface area (Å²) in [4.78, 5) is 16.6. The number of pyridine rings is 1. The van der Waals surface area contributed by atoms with Crippen LogP contribution < -0.4 is 4.90 Å². The topological polar surface area (TPSA) is 51.1 Å². The zero-order valence-corrected chi connectivity index (χ0v) is 14.3. The van der Waals surface area contributed by atoms with Crippen molar-refractivity contribution in [2.45, 2.75) is 0 Å². The van der Waals surface area contributed by atoms with E-state index in [2.05, 4.69) is 40.2 Å². The predicted octanol–water partition coefficient (Wildman–Crippen LogP) is 3.68. The second-order valence-corrected chi connectivity index (χ2v) is 6.40. The van der Waals surface area contributed by atoms with Crippen LogP contribution in [0.5, 0.6) is 0 Å². The molecule has 5 heteroatoms. The fraction of sp³-hybridized carbons (Fsp3) is 0.190. The van der Waals surface area contributed by atoms with Crippen molar-refractivity contribution in [3.05, 3.63) is 60.8 Å². The Bertz CT molecular complexity index is 1090. The van der Waals surface area contributed by atoms with E-state index in [0.717, 1.165) is 65.3 Å². The first-order valence-corrected chi connectivity index (χ1v) is 8.83. The third-order valence-electron chi connectivity index (χ3n) is 4.74. The van der Waals surface area contributed by atoms with Crippen LogP contribution in [0.4, 0.5) is 5.82 Å². The molecule has 1 aliphatic rings. The minimum Gasteiger partial charge on any atom is -0.378 e. The molecule has 1 fully saturated rings. The largest absolute Gasteiger partial charge is 0.378 e. The highest BCUT2D eigenvalue weighted by Crippen LogP contribution is 2.30. The second kappa shape index (κ2) is 6.35. The van der Waals surface area contributed by atoms with Crippen LogP contribution in [0.15, 0.2) is 60.8 Å². The number of morpholine rings is 1. The van der Waals surface area contributed by atoms with E-state index in [4.69, 9.17) is 14.7 Å². The van der Waals surface area contributed by atoms with E-state index in [1.54, 1.807) is 0 Å². The molecule has 1 saturated heterocycles. The van der Waals surface area contributed by atoms with Crippen molar-refractivity contribution in [1.29, 1.82) is 0 Å². The minimum atomic E-state index is 0.732. The summed E-state index contributed by atoms with van der Waals surface area (Å²) in [5.41, 5.74) is 3.42. The number of hydrogen-bond donors (Lipinski definition) is 0. The van der Waals surface area contributed by atoms with E-state index in [0.29, 0.717) is 0 Å². The van der Waals surface area contributed by atoms with Crippen LogP contribution in [0.2, 0.25) is 0 Å². The first kappa shape index (κ1) is 15.2. The molecule has 5 rings (SSSR count). The number of aromatic nitrogens is 3. The molecular formula is C21H18N4O. The Morgan fingerprint density at radius 2 is 1.58 bits per heavy atom. The van der Waals surface area contributed by atoms with Gasteiger partial charge in [0.2, 0.25) is 0 Å². The molecule has 5 nitrogen and oxygen atoms in total. The molecule has 2 aromatic heterocycles. The van der Waals surface area contributed by atoms with Crippen LogP contribution in [-0.2, 0) is 4.74 Å². The summed E-state index contributed by atoms with van der Waals surface area (Å²) in [7, 11) is 0. The number of rotatable bonds is 2. The maximum atomic E-state index is 5.50. The first-order valence-electron chi connectivity index (χ1n) is 8.83. The normalized spacial score (nSPS) is 14.8. The average molecular weight is 342 g/mol. The number of fused-ring (bicyclic) bond motifs is 2. The van der Waals surface area contributed by atoms with Crippen molar-refractivity contribution in [2.24, 2.45) is 0 Å². The molecule has 0 amide bonds. The fourth-order valence-electron chi connectivity index (χ4n) is 3.41. The van der Waals surface area contributed by atoms with Crippen LogP contribution in [0, 0.1) is 0 Å². The van der Waals surface area contributed by atoms with Gasteiger partial charge in [0.25, 0.3) is 0 Å². The number of nitrogens with zero attached hydrogens (tertiary/aromatic N) is 4. The Kier molecular flexibility index (Phi) is 3.72. The number of para-hydroxylation sites is 2. The van der Waals surface area contributed by atoms with Crippen molar-refractivity contribution in [3.8, 4) is 11.4 Å². The second-order valence-electron chi connectivity index (χ2n) is 6.40. The van der Waals surface area contributed by atoms with E-state index in [9.17, 15) is 0 Å². The summed E-state index contributed by atoms with van der Waals surface area (Å²) < 4.78 is 5.50. The van der Waals surface area contributed by atoms with Crippen LogP contribution >= 0.6 is 0 Å². The number of anilines is 1. The molecule has 0 spiro atoms. The maximum Gasteiger partial charge on any atom is 0.137 e. The van der Waals surface area contributed by atoms with Gasteiger partial charge in [0, 0.05) is 18.5 Å². The van der Waals surface area contributed by atoms with Gasteiger partial charge in [-0.25, -0.2) is 9.97 Å². The highest BCUT2D eigenvalue weighted by atomic mass is 16.5. The number of hydrogen-bond acceptors (Lipinski definition) is 5. The van der Waals surface area contributed by atoms with Gasteiger partial charge in [-0.15, -0.1) is 0 Å². The zero-order chi connectivity index (χ0) is 17.3. The number of ether oxygens (including phenoxy) is 1. The van der Waals surface area contributed by atoms with Crippen LogP contribution in [-0.4, -0.2) is 41.3 Å². The van der Waals surface area contributed by atoms with Gasteiger partial charge in [-0.05, 0) is 23.6 Å². The molecule has 4 aromatic rings. The Morgan fingerprint density at radius 3 is 2.46 bits per heavy atom. The smallest absolute Gasteiger partial charge is 0.137 e. The molecule has 26 heavy (non-hydrogen) atoms. The van der Waals surface area contributed by atoms with E-state index in [-0.39, 0.29) is 0 Å². The van der Waals surface area contributed by atoms with Gasteiger partial charge >= 0.3 is 0 Å². The van der Waals surface area contributed by atoms with Crippen molar-refractivity contribution < 1.29 is 4.74 Å². The molecule has 0 atom stereocenters. The highest BCUT2D eigenvalue weighted by Gasteiger charge is 2.17. The van der Waals surface area contributed by atoms with Crippen molar-refractivity contribution in [1.82, 2.24) is 15.0 Å². The summed E-state index contributed by atoms with van der Waals surface area (Å²) >= 11 is 0. The van der Waals surface area contributed by atoms with E-state index < -0.39 is 0 Å². The molecule has 0 N–H and O–H groups in total. The lowest BCUT2D eigenvalue weighted by atomic mass is 10.1. The van der Waals surface area contributed by atoms with Gasteiger partial charge in [-0.2, -0.15) is 0 Å². The van der Waals surface area contributed by atoms with Crippen molar-refractivity contribution >= 4 is 27.6 Å². The highest BCUT2D eigenvalue weighted by molar-refractivity contribution is 5.95. The molecule has 0 unspecified atom stereocenters. The van der Waals surface area contributed by atoms with Gasteiger partial charge in [-0.1, -0.05) is 36.4 Å². The van der Waals surface area contributed by atoms with E-state index in [1.807, 2.05) is 30.5 Å². The molecule has 0 saturated carbocycles. The van der Waals surface area contributed by atoms with Crippen LogP contribution in [0.25, 0.3) is 33.2 Å². The van der Waals surface area contributed by atoms with Crippen LogP contribution in [0.3, 0.4) is 0 Å². The quantitative estimate of drug-likeness (QED) is 0.556. The lowest BCUT2D eigenvalue weighted by molar-refractivity contribution is 0.122. The predicted molar refractivity (Wildman–Crippen MR) is 103 cm³/mol. The maximum absolute atomic E-state index is 5.50. The molecule has 0 aliphatic carbocycles. The zero-order valence-electron chi connectivity index (χ0n) is 14.3. The molecule has 3 heterocycles. The molecule has 0 bridgehead atoms. The molecule has 1 aliphatic heterocycles. The van der Waals surface area contributed by atoms with Gasteiger partial charge < -0.3 is 9.64 Å². The third kappa shape index (κ3) is 2.66. The van der Waals surface area contributed by atoms with Gasteiger partial charge in [0.05, 0.1) is 36.1 Å². The average Bonchev–Trinajstić information content (AvgIpc) is 2.73. The standard InChI is InChI=1S/C21H18N4O/c1-2-6-16-15(5-1)13-19(24-21(16)25-9-11-26-12-10-25)20-14-22-17-7-3-4-8-18(17)23-20/h1-8,13-14H,9-12H2. The Hall–Kier alpha value is -3.05. The Morgan fingerprint density at radius 1 is 0.808 bits per heavy atom. The number of benzene rings is 2. The summed E-state index contributed by atoms with van der Waals surface area (Å²) in [5, 5.41) is 2.32. The van der Waals surface area contributed by atoms with Crippen LogP contribution in [0.1, 0.15) is 0 Å². The van der Waals surface area contributed by atoms with E-state index >= 15 is 0 Å². The Labute approximate surface area is 151 Å². The summed E-state index contributed by atoms with van der Waals surface area (Å²) in [5.74, 6) is 0.997. The summed E-state index contributed by atoms with van der Waals surface area (Å²) in [6, 6.07) is 18.4. The summed E-state index contributed by atoms with van der Waals surface area (Å²) in [6.07, 6.45) is 1.81. The van der Waals surface area contributed by atoms with Crippen molar-refractivity contribution in [3.63, 3.8) is 0 Å². The monoisotopic (exact) mass is 342 g/mol. The summed E-state index contributed by atoms with van der Waals surface area (Å²) in [6.45, 7) is 3.17. The fourth-order valence-corrected chi connectivity index (χ4v) is 3.41. The Balaban J connectivity index is 1.69. The van der Waals surface area contributed by atoms with Crippen molar-refractivity contribution in [2.75, 3.05) is 31.2 Å². The molecule has 128 valence electrons. The molecule has 2 aromatic carbocycles. The molecule has 0 radical (unpaired) electrons. The van der Waals surface area contributed by atoms with Gasteiger partial charge in [0.15, 0.2) is 0 Å². The van der Waals surface area contributed by atoms with Gasteiger partial charge in [0.1, 0.15) is 11.5 Å². The minimum absolute atomic E-state index is 0.732. The van der Waals surface area contributed by atoms with Gasteiger partial charge in [-0.3, -0.25) is 4.98 Å². The SMILES string of the molecule is c1ccc2c(N3CCOCC3)nc(-c3cnc4ccccc4n3)cc2c1. The lowest BCUT2D eigenvalue weighted by Crippen LogP contribution is -2.36. The first-order chi connectivity index (χ1) is 12.9. The van der Waals surface area contributed by atoms with E-state index in [1.165, 1.54) is 0 Å². The molecular weight excluding hydrogens is 324 g/mol.